The molecule has 28 heavy (non-hydrogen) atoms. The smallest absolute Gasteiger partial charge is 0.416 e. The van der Waals surface area contributed by atoms with E-state index < -0.39 is 17.3 Å². The van der Waals surface area contributed by atoms with Crippen molar-refractivity contribution in [3.63, 3.8) is 0 Å². The Kier molecular flexibility index (Phi) is 5.26. The monoisotopic (exact) mass is 391 g/mol. The molecule has 9 heteroatoms. The van der Waals surface area contributed by atoms with Gasteiger partial charge in [0.05, 0.1) is 29.6 Å². The van der Waals surface area contributed by atoms with Crippen molar-refractivity contribution in [1.29, 1.82) is 0 Å². The van der Waals surface area contributed by atoms with Gasteiger partial charge >= 0.3 is 6.18 Å². The lowest BCUT2D eigenvalue weighted by Gasteiger charge is -2.30. The van der Waals surface area contributed by atoms with Crippen molar-refractivity contribution in [2.24, 2.45) is 0 Å². The zero-order valence-corrected chi connectivity index (χ0v) is 15.7. The molecule has 0 spiro atoms. The number of nitrogens with one attached hydrogen (secondary N) is 1. The fourth-order valence-electron chi connectivity index (χ4n) is 2.87. The fraction of sp³-hybridized carbons (Fsp3) is 0.316. The lowest BCUT2D eigenvalue weighted by atomic mass is 9.96. The molecule has 0 saturated heterocycles. The molecule has 148 valence electrons. The van der Waals surface area contributed by atoms with Crippen LogP contribution in [0.3, 0.4) is 0 Å². The topological polar surface area (TPSA) is 64.9 Å². The Hall–Kier alpha value is -3.10. The number of tetrazole rings is 1. The molecule has 0 aliphatic carbocycles. The van der Waals surface area contributed by atoms with Gasteiger partial charge < -0.3 is 10.1 Å². The van der Waals surface area contributed by atoms with Crippen LogP contribution in [-0.4, -0.2) is 27.3 Å². The first-order valence-electron chi connectivity index (χ1n) is 8.66. The number of halogens is 3. The number of nitrogens with zero attached hydrogens (tertiary/aromatic N) is 4. The summed E-state index contributed by atoms with van der Waals surface area (Å²) in [7, 11) is 1.57. The number of anilines is 1. The lowest BCUT2D eigenvalue weighted by molar-refractivity contribution is -0.137. The van der Waals surface area contributed by atoms with E-state index in [4.69, 9.17) is 4.74 Å². The predicted octanol–water partition coefficient (Wildman–Crippen LogP) is 4.43. The number of aromatic nitrogens is 4. The van der Waals surface area contributed by atoms with E-state index in [1.54, 1.807) is 7.11 Å². The maximum atomic E-state index is 13.1. The number of methoxy groups -OCH3 is 1. The third-order valence-electron chi connectivity index (χ3n) is 4.61. The summed E-state index contributed by atoms with van der Waals surface area (Å²) >= 11 is 0. The second-order valence-corrected chi connectivity index (χ2v) is 6.47. The van der Waals surface area contributed by atoms with Gasteiger partial charge in [-0.25, -0.2) is 0 Å². The average Bonchev–Trinajstić information content (AvgIpc) is 3.18. The van der Waals surface area contributed by atoms with Crippen LogP contribution in [0.1, 0.15) is 31.7 Å². The number of rotatable bonds is 6. The zero-order valence-electron chi connectivity index (χ0n) is 15.7. The van der Waals surface area contributed by atoms with Gasteiger partial charge in [-0.15, -0.1) is 5.10 Å². The Morgan fingerprint density at radius 1 is 1.11 bits per heavy atom. The van der Waals surface area contributed by atoms with E-state index in [2.05, 4.69) is 20.8 Å². The SMILES string of the molecule is CCC(C)(Nc1ccccc1OC)c1nnnn1-c1cccc(C(F)(F)F)c1. The van der Waals surface area contributed by atoms with E-state index in [-0.39, 0.29) is 5.69 Å². The molecule has 1 unspecified atom stereocenters. The number of ether oxygens (including phenoxy) is 1. The molecule has 1 atom stereocenters. The predicted molar refractivity (Wildman–Crippen MR) is 98.4 cm³/mol. The van der Waals surface area contributed by atoms with Crippen molar-refractivity contribution in [1.82, 2.24) is 20.2 Å². The van der Waals surface area contributed by atoms with Crippen molar-refractivity contribution in [2.45, 2.75) is 32.0 Å². The molecule has 0 bridgehead atoms. The van der Waals surface area contributed by atoms with Gasteiger partial charge in [-0.05, 0) is 54.1 Å². The van der Waals surface area contributed by atoms with E-state index in [0.717, 1.165) is 17.8 Å². The maximum Gasteiger partial charge on any atom is 0.416 e. The molecule has 6 nitrogen and oxygen atoms in total. The number of para-hydroxylation sites is 2. The first-order valence-corrected chi connectivity index (χ1v) is 8.66. The molecule has 3 aromatic rings. The van der Waals surface area contributed by atoms with Gasteiger partial charge in [0.25, 0.3) is 0 Å². The highest BCUT2D eigenvalue weighted by Gasteiger charge is 2.34. The first kappa shape index (κ1) is 19.7. The van der Waals surface area contributed by atoms with Crippen molar-refractivity contribution in [3.05, 3.63) is 59.9 Å². The normalized spacial score (nSPS) is 13.8. The number of alkyl halides is 3. The van der Waals surface area contributed by atoms with Crippen LogP contribution in [0.4, 0.5) is 18.9 Å². The Labute approximate surface area is 160 Å². The number of hydrogen-bond donors (Lipinski definition) is 1. The number of hydrogen-bond acceptors (Lipinski definition) is 5. The Morgan fingerprint density at radius 3 is 2.54 bits per heavy atom. The first-order chi connectivity index (χ1) is 13.3. The molecule has 1 N–H and O–H groups in total. The second kappa shape index (κ2) is 7.49. The molecule has 0 fully saturated rings. The van der Waals surface area contributed by atoms with Crippen LogP contribution in [0.15, 0.2) is 48.5 Å². The van der Waals surface area contributed by atoms with Crippen LogP contribution in [0.5, 0.6) is 5.75 Å². The van der Waals surface area contributed by atoms with Crippen LogP contribution in [0.25, 0.3) is 5.69 Å². The maximum absolute atomic E-state index is 13.1. The van der Waals surface area contributed by atoms with Gasteiger partial charge in [-0.3, -0.25) is 0 Å². The van der Waals surface area contributed by atoms with Crippen LogP contribution in [-0.2, 0) is 11.7 Å². The standard InChI is InChI=1S/C19H20F3N5O/c1-4-18(2,23-15-10-5-6-11-16(15)28-3)17-24-25-26-27(17)14-9-7-8-13(12-14)19(20,21)22/h5-12,23H,4H2,1-3H3. The Bertz CT molecular complexity index is 956. The van der Waals surface area contributed by atoms with Gasteiger partial charge in [-0.2, -0.15) is 17.9 Å². The van der Waals surface area contributed by atoms with Crippen molar-refractivity contribution in [2.75, 3.05) is 12.4 Å². The molecular formula is C19H20F3N5O. The summed E-state index contributed by atoms with van der Waals surface area (Å²) in [5.74, 6) is 1.03. The average molecular weight is 391 g/mol. The van der Waals surface area contributed by atoms with Crippen molar-refractivity contribution in [3.8, 4) is 11.4 Å². The summed E-state index contributed by atoms with van der Waals surface area (Å²) in [6, 6.07) is 12.3. The molecular weight excluding hydrogens is 371 g/mol. The van der Waals surface area contributed by atoms with Crippen LogP contribution in [0.2, 0.25) is 0 Å². The minimum Gasteiger partial charge on any atom is -0.495 e. The van der Waals surface area contributed by atoms with Crippen LogP contribution < -0.4 is 10.1 Å². The minimum absolute atomic E-state index is 0.233. The highest BCUT2D eigenvalue weighted by Crippen LogP contribution is 2.34. The van der Waals surface area contributed by atoms with E-state index in [1.165, 1.54) is 16.8 Å². The fourth-order valence-corrected chi connectivity index (χ4v) is 2.87. The second-order valence-electron chi connectivity index (χ2n) is 6.47. The Morgan fingerprint density at radius 2 is 1.86 bits per heavy atom. The van der Waals surface area contributed by atoms with Crippen LogP contribution >= 0.6 is 0 Å². The molecule has 3 rings (SSSR count). The van der Waals surface area contributed by atoms with E-state index in [0.29, 0.717) is 18.0 Å². The zero-order chi connectivity index (χ0) is 20.4. The third-order valence-corrected chi connectivity index (χ3v) is 4.61. The number of benzene rings is 2. The van der Waals surface area contributed by atoms with Gasteiger partial charge in [0.2, 0.25) is 0 Å². The van der Waals surface area contributed by atoms with Crippen molar-refractivity contribution >= 4 is 5.69 Å². The third kappa shape index (κ3) is 3.78. The summed E-state index contributed by atoms with van der Waals surface area (Å²) in [4.78, 5) is 0. The quantitative estimate of drug-likeness (QED) is 0.674. The van der Waals surface area contributed by atoms with E-state index in [1.807, 2.05) is 38.1 Å². The summed E-state index contributed by atoms with van der Waals surface area (Å²) in [6.07, 6.45) is -3.88. The molecule has 0 radical (unpaired) electrons. The molecule has 0 saturated carbocycles. The summed E-state index contributed by atoms with van der Waals surface area (Å²) in [6.45, 7) is 3.82. The Balaban J connectivity index is 2.03. The van der Waals surface area contributed by atoms with Gasteiger partial charge in [0.15, 0.2) is 5.82 Å². The highest BCUT2D eigenvalue weighted by atomic mass is 19.4. The molecule has 0 aliphatic rings. The highest BCUT2D eigenvalue weighted by molar-refractivity contribution is 5.58. The van der Waals surface area contributed by atoms with Crippen molar-refractivity contribution < 1.29 is 17.9 Å². The summed E-state index contributed by atoms with van der Waals surface area (Å²) < 4.78 is 46.0. The van der Waals surface area contributed by atoms with Crippen LogP contribution in [0, 0.1) is 0 Å². The lowest BCUT2D eigenvalue weighted by Crippen LogP contribution is -2.34. The summed E-state index contributed by atoms with van der Waals surface area (Å²) in [5.41, 5.74) is -0.557. The molecule has 2 aromatic carbocycles. The molecule has 1 aromatic heterocycles. The van der Waals surface area contributed by atoms with Gasteiger partial charge in [0, 0.05) is 0 Å². The minimum atomic E-state index is -4.45. The van der Waals surface area contributed by atoms with E-state index >= 15 is 0 Å². The van der Waals surface area contributed by atoms with Gasteiger partial charge in [-0.1, -0.05) is 25.1 Å². The largest absolute Gasteiger partial charge is 0.495 e. The van der Waals surface area contributed by atoms with E-state index in [9.17, 15) is 13.2 Å². The summed E-state index contributed by atoms with van der Waals surface area (Å²) in [5, 5.41) is 15.1. The van der Waals surface area contributed by atoms with Gasteiger partial charge in [0.1, 0.15) is 5.75 Å². The molecule has 0 amide bonds. The molecule has 0 aliphatic heterocycles. The molecule has 1 heterocycles.